The Balaban J connectivity index is 5.60. The maximum absolute atomic E-state index is 14.4. The third-order valence-electron chi connectivity index (χ3n) is 2.86. The first-order chi connectivity index (χ1) is 11.7. The average molecular weight is 361 g/mol. The molecule has 0 aromatic carbocycles. The van der Waals surface area contributed by atoms with Crippen LogP contribution in [-0.4, -0.2) is 55.5 Å². The Morgan fingerprint density at radius 2 is 1.64 bits per heavy atom. The molecule has 0 saturated heterocycles. The third-order valence-corrected chi connectivity index (χ3v) is 2.86. The van der Waals surface area contributed by atoms with E-state index in [0.717, 1.165) is 20.8 Å². The highest BCUT2D eigenvalue weighted by Crippen LogP contribution is 2.21. The molecule has 0 unspecified atom stereocenters. The number of esters is 3. The minimum atomic E-state index is -1.89. The van der Waals surface area contributed by atoms with Gasteiger partial charge in [0.15, 0.2) is 18.3 Å². The summed E-state index contributed by atoms with van der Waals surface area (Å²) in [5.41, 5.74) is 0. The van der Waals surface area contributed by atoms with E-state index in [9.17, 15) is 23.6 Å². The minimum absolute atomic E-state index is 0.00198. The molecule has 0 aliphatic heterocycles. The molecule has 9 nitrogen and oxygen atoms in total. The van der Waals surface area contributed by atoms with Crippen LogP contribution in [0, 0.1) is 11.3 Å². The number of rotatable bonds is 11. The minimum Gasteiger partial charge on any atom is -0.462 e. The first kappa shape index (κ1) is 22.3. The number of carbonyl (C=O) groups excluding carboxylic acids is 4. The molecule has 0 rings (SSSR count). The molecule has 0 heterocycles. The van der Waals surface area contributed by atoms with Gasteiger partial charge in [0, 0.05) is 27.2 Å². The van der Waals surface area contributed by atoms with Crippen molar-refractivity contribution in [3.8, 4) is 6.07 Å². The van der Waals surface area contributed by atoms with Crippen molar-refractivity contribution < 1.29 is 42.5 Å². The first-order valence-corrected chi connectivity index (χ1v) is 7.30. The van der Waals surface area contributed by atoms with Crippen molar-refractivity contribution in [2.24, 2.45) is 0 Å². The number of ether oxygens (including phenoxy) is 4. The molecule has 0 aliphatic rings. The number of nitriles is 1. The Kier molecular flexibility index (Phi) is 10.5. The predicted molar refractivity (Wildman–Crippen MR) is 78.4 cm³/mol. The summed E-state index contributed by atoms with van der Waals surface area (Å²) in [4.78, 5) is 44.3. The zero-order valence-electron chi connectivity index (χ0n) is 14.1. The lowest BCUT2D eigenvalue weighted by Crippen LogP contribution is -2.50. The molecule has 25 heavy (non-hydrogen) atoms. The van der Waals surface area contributed by atoms with Gasteiger partial charge in [-0.25, -0.2) is 4.39 Å². The lowest BCUT2D eigenvalue weighted by molar-refractivity contribution is -0.191. The first-order valence-electron chi connectivity index (χ1n) is 7.30. The Hall–Kier alpha value is -2.70. The number of carbonyl (C=O) groups is 4. The van der Waals surface area contributed by atoms with Gasteiger partial charge in [-0.15, -0.1) is 0 Å². The highest BCUT2D eigenvalue weighted by Gasteiger charge is 2.41. The van der Waals surface area contributed by atoms with Crippen LogP contribution in [-0.2, 0) is 38.1 Å². The van der Waals surface area contributed by atoms with E-state index in [1.807, 2.05) is 0 Å². The maximum atomic E-state index is 14.4. The Morgan fingerprint density at radius 3 is 2.08 bits per heavy atom. The molecule has 10 heteroatoms. The number of halogens is 1. The summed E-state index contributed by atoms with van der Waals surface area (Å²) >= 11 is 0. The van der Waals surface area contributed by atoms with Crippen LogP contribution >= 0.6 is 0 Å². The lowest BCUT2D eigenvalue weighted by atomic mass is 10.00. The molecular formula is C15H20FNO8. The summed E-state index contributed by atoms with van der Waals surface area (Å²) in [6, 6.07) is 1.74. The van der Waals surface area contributed by atoms with E-state index in [2.05, 4.69) is 0 Å². The fourth-order valence-corrected chi connectivity index (χ4v) is 1.93. The zero-order valence-corrected chi connectivity index (χ0v) is 14.1. The molecule has 0 radical (unpaired) electrons. The summed E-state index contributed by atoms with van der Waals surface area (Å²) in [5, 5.41) is 8.56. The Bertz CT molecular complexity index is 518. The molecule has 0 bridgehead atoms. The SMILES string of the molecule is CC(=O)OC[C@@H](OC=O)[C@@H](OC(C)=O)[C@H](OC(C)=O)[C@H](F)CCC#N. The molecule has 0 N–H and O–H groups in total. The van der Waals surface area contributed by atoms with Crippen molar-refractivity contribution in [1.82, 2.24) is 0 Å². The summed E-state index contributed by atoms with van der Waals surface area (Å²) < 4.78 is 33.7. The topological polar surface area (TPSA) is 129 Å². The third kappa shape index (κ3) is 9.24. The molecule has 0 aromatic heterocycles. The summed E-state index contributed by atoms with van der Waals surface area (Å²) in [7, 11) is 0. The monoisotopic (exact) mass is 361 g/mol. The van der Waals surface area contributed by atoms with Crippen molar-refractivity contribution in [1.29, 1.82) is 5.26 Å². The molecule has 0 spiro atoms. The normalized spacial score (nSPS) is 14.8. The Labute approximate surface area is 144 Å². The van der Waals surface area contributed by atoms with E-state index >= 15 is 0 Å². The number of hydrogen-bond donors (Lipinski definition) is 0. The summed E-state index contributed by atoms with van der Waals surface area (Å²) in [6.45, 7) is 2.57. The van der Waals surface area contributed by atoms with Crippen LogP contribution in [0.15, 0.2) is 0 Å². The van der Waals surface area contributed by atoms with Crippen LogP contribution in [0.1, 0.15) is 33.6 Å². The number of alkyl halides is 1. The Morgan fingerprint density at radius 1 is 1.08 bits per heavy atom. The van der Waals surface area contributed by atoms with Crippen LogP contribution in [0.5, 0.6) is 0 Å². The van der Waals surface area contributed by atoms with Gasteiger partial charge in [0.05, 0.1) is 6.07 Å². The smallest absolute Gasteiger partial charge is 0.303 e. The van der Waals surface area contributed by atoms with E-state index in [1.54, 1.807) is 6.07 Å². The standard InChI is InChI=1S/C15H20FNO8/c1-9(19)22-7-13(23-8-18)15(25-11(3)21)14(24-10(2)20)12(16)5-4-6-17/h8,12-15H,4-5,7H2,1-3H3/t12-,13-,14-,15-/m1/s1. The van der Waals surface area contributed by atoms with Crippen molar-refractivity contribution in [2.45, 2.75) is 58.1 Å². The molecule has 140 valence electrons. The average Bonchev–Trinajstić information content (AvgIpc) is 2.51. The van der Waals surface area contributed by atoms with Crippen LogP contribution in [0.3, 0.4) is 0 Å². The molecule has 0 saturated carbocycles. The molecule has 0 amide bonds. The van der Waals surface area contributed by atoms with Gasteiger partial charge < -0.3 is 18.9 Å². The largest absolute Gasteiger partial charge is 0.462 e. The molecular weight excluding hydrogens is 341 g/mol. The van der Waals surface area contributed by atoms with Gasteiger partial charge in [-0.3, -0.25) is 19.2 Å². The van der Waals surface area contributed by atoms with Gasteiger partial charge in [0.25, 0.3) is 6.47 Å². The molecule has 0 aromatic rings. The molecule has 4 atom stereocenters. The number of hydrogen-bond acceptors (Lipinski definition) is 9. The van der Waals surface area contributed by atoms with Crippen molar-refractivity contribution >= 4 is 24.4 Å². The fraction of sp³-hybridized carbons (Fsp3) is 0.667. The van der Waals surface area contributed by atoms with E-state index in [4.69, 9.17) is 24.2 Å². The summed E-state index contributed by atoms with van der Waals surface area (Å²) in [5.74, 6) is -2.46. The van der Waals surface area contributed by atoms with E-state index in [0.29, 0.717) is 0 Å². The van der Waals surface area contributed by atoms with Crippen molar-refractivity contribution in [3.05, 3.63) is 0 Å². The quantitative estimate of drug-likeness (QED) is 0.295. The molecule has 0 aliphatic carbocycles. The fourth-order valence-electron chi connectivity index (χ4n) is 1.93. The van der Waals surface area contributed by atoms with Gasteiger partial charge in [-0.2, -0.15) is 5.26 Å². The van der Waals surface area contributed by atoms with E-state index in [-0.39, 0.29) is 19.3 Å². The predicted octanol–water partition coefficient (Wildman–Crippen LogP) is 0.596. The van der Waals surface area contributed by atoms with E-state index in [1.165, 1.54) is 0 Å². The number of nitrogens with zero attached hydrogens (tertiary/aromatic N) is 1. The summed E-state index contributed by atoms with van der Waals surface area (Å²) in [6.07, 6.45) is -7.02. The second kappa shape index (κ2) is 11.8. The van der Waals surface area contributed by atoms with Gasteiger partial charge in [0.2, 0.25) is 0 Å². The van der Waals surface area contributed by atoms with Gasteiger partial charge in [-0.05, 0) is 6.42 Å². The second-order valence-corrected chi connectivity index (χ2v) is 4.93. The maximum Gasteiger partial charge on any atom is 0.303 e. The van der Waals surface area contributed by atoms with Crippen LogP contribution in [0.4, 0.5) is 4.39 Å². The highest BCUT2D eigenvalue weighted by atomic mass is 19.1. The zero-order chi connectivity index (χ0) is 19.4. The van der Waals surface area contributed by atoms with E-state index < -0.39 is 49.0 Å². The molecule has 0 fully saturated rings. The van der Waals surface area contributed by atoms with Gasteiger partial charge in [0.1, 0.15) is 12.8 Å². The lowest BCUT2D eigenvalue weighted by Gasteiger charge is -2.32. The van der Waals surface area contributed by atoms with Crippen molar-refractivity contribution in [3.63, 3.8) is 0 Å². The van der Waals surface area contributed by atoms with Gasteiger partial charge >= 0.3 is 17.9 Å². The second-order valence-electron chi connectivity index (χ2n) is 4.93. The highest BCUT2D eigenvalue weighted by molar-refractivity contribution is 5.67. The van der Waals surface area contributed by atoms with Crippen LogP contribution < -0.4 is 0 Å². The van der Waals surface area contributed by atoms with Gasteiger partial charge in [-0.1, -0.05) is 0 Å². The van der Waals surface area contributed by atoms with Crippen molar-refractivity contribution in [2.75, 3.05) is 6.61 Å². The van der Waals surface area contributed by atoms with Crippen LogP contribution in [0.2, 0.25) is 0 Å². The van der Waals surface area contributed by atoms with Crippen LogP contribution in [0.25, 0.3) is 0 Å².